The maximum absolute atomic E-state index is 13.5. The summed E-state index contributed by atoms with van der Waals surface area (Å²) in [4.78, 5) is 29.8. The zero-order chi connectivity index (χ0) is 25.4. The van der Waals surface area contributed by atoms with Gasteiger partial charge in [-0.1, -0.05) is 11.6 Å². The molecule has 3 heterocycles. The molecule has 0 saturated carbocycles. The Hall–Kier alpha value is -4.50. The van der Waals surface area contributed by atoms with Crippen molar-refractivity contribution in [2.24, 2.45) is 7.05 Å². The number of aryl methyl sites for hydroxylation is 2. The summed E-state index contributed by atoms with van der Waals surface area (Å²) in [5.41, 5.74) is 1.52. The molecule has 0 saturated heterocycles. The summed E-state index contributed by atoms with van der Waals surface area (Å²) in [5, 5.41) is 7.69. The van der Waals surface area contributed by atoms with E-state index < -0.39 is 17.3 Å². The summed E-state index contributed by atoms with van der Waals surface area (Å²) in [7, 11) is 1.91. The average molecular weight is 504 g/mol. The van der Waals surface area contributed by atoms with Gasteiger partial charge in [0.05, 0.1) is 16.1 Å². The molecule has 8 nitrogen and oxygen atoms in total. The van der Waals surface area contributed by atoms with Gasteiger partial charge in [-0.15, -0.1) is 0 Å². The maximum atomic E-state index is 13.5. The van der Waals surface area contributed by atoms with Gasteiger partial charge in [0.1, 0.15) is 23.0 Å². The summed E-state index contributed by atoms with van der Waals surface area (Å²) in [6.45, 7) is 1.61. The Balaban J connectivity index is 1.36. The molecule has 0 atom stereocenters. The number of rotatable bonds is 5. The van der Waals surface area contributed by atoms with Crippen LogP contribution in [0, 0.1) is 12.7 Å². The number of carbonyl (C=O) groups excluding carboxylic acids is 1. The Labute approximate surface area is 209 Å². The van der Waals surface area contributed by atoms with Gasteiger partial charge in [0, 0.05) is 31.2 Å². The Morgan fingerprint density at radius 1 is 1.08 bits per heavy atom. The fraction of sp³-hybridized carbons (Fsp3) is 0.0769. The van der Waals surface area contributed by atoms with Crippen LogP contribution in [-0.4, -0.2) is 25.2 Å². The smallest absolute Gasteiger partial charge is 0.276 e. The lowest BCUT2D eigenvalue weighted by Gasteiger charge is -2.11. The van der Waals surface area contributed by atoms with Gasteiger partial charge in [-0.3, -0.25) is 9.59 Å². The first kappa shape index (κ1) is 23.3. The molecular weight excluding hydrogens is 485 g/mol. The van der Waals surface area contributed by atoms with Crippen LogP contribution in [0.2, 0.25) is 5.02 Å². The average Bonchev–Trinajstić information content (AvgIpc) is 3.24. The van der Waals surface area contributed by atoms with Crippen LogP contribution in [0.1, 0.15) is 16.1 Å². The summed E-state index contributed by atoms with van der Waals surface area (Å²) >= 11 is 5.84. The molecule has 1 N–H and O–H groups in total. The lowest BCUT2D eigenvalue weighted by molar-refractivity contribution is 0.102. The van der Waals surface area contributed by atoms with Gasteiger partial charge in [-0.05, 0) is 67.1 Å². The number of nitrogens with one attached hydrogen (secondary N) is 1. The topological polar surface area (TPSA) is 91.0 Å². The van der Waals surface area contributed by atoms with E-state index in [9.17, 15) is 14.0 Å². The highest BCUT2D eigenvalue weighted by molar-refractivity contribution is 6.30. The molecular formula is C26H19ClFN5O3. The molecule has 180 valence electrons. The van der Waals surface area contributed by atoms with Crippen molar-refractivity contribution >= 4 is 34.2 Å². The fourth-order valence-electron chi connectivity index (χ4n) is 3.72. The number of anilines is 1. The Morgan fingerprint density at radius 2 is 1.86 bits per heavy atom. The molecule has 0 radical (unpaired) electrons. The highest BCUT2D eigenvalue weighted by Gasteiger charge is 2.16. The van der Waals surface area contributed by atoms with Crippen molar-refractivity contribution in [1.82, 2.24) is 19.3 Å². The number of hydrogen-bond donors (Lipinski definition) is 1. The van der Waals surface area contributed by atoms with E-state index in [4.69, 9.17) is 16.3 Å². The molecule has 0 aliphatic heterocycles. The van der Waals surface area contributed by atoms with E-state index in [0.717, 1.165) is 21.8 Å². The summed E-state index contributed by atoms with van der Waals surface area (Å²) in [6, 6.07) is 15.6. The van der Waals surface area contributed by atoms with Gasteiger partial charge in [-0.25, -0.2) is 9.37 Å². The summed E-state index contributed by atoms with van der Waals surface area (Å²) in [6.07, 6.45) is 3.59. The first-order valence-electron chi connectivity index (χ1n) is 10.9. The van der Waals surface area contributed by atoms with Gasteiger partial charge in [0.25, 0.3) is 11.5 Å². The van der Waals surface area contributed by atoms with E-state index in [-0.39, 0.29) is 16.4 Å². The lowest BCUT2D eigenvalue weighted by Crippen LogP contribution is -2.26. The van der Waals surface area contributed by atoms with Crippen molar-refractivity contribution in [2.45, 2.75) is 6.92 Å². The van der Waals surface area contributed by atoms with Gasteiger partial charge in [0.2, 0.25) is 0 Å². The minimum atomic E-state index is -0.622. The van der Waals surface area contributed by atoms with E-state index in [1.807, 2.05) is 23.9 Å². The molecule has 3 aromatic heterocycles. The SMILES string of the molecule is Cc1cc(=O)n(-c2ccc(F)c(Cl)c2)nc1C(=O)Nc1ccc(Oc2ccnc3c2ccn3C)cc1. The molecule has 5 aromatic rings. The molecule has 1 amide bonds. The normalized spacial score (nSPS) is 11.0. The highest BCUT2D eigenvalue weighted by Crippen LogP contribution is 2.29. The third kappa shape index (κ3) is 4.44. The Bertz CT molecular complexity index is 1680. The summed E-state index contributed by atoms with van der Waals surface area (Å²) in [5.74, 6) is 0.118. The number of halogens is 2. The van der Waals surface area contributed by atoms with E-state index in [1.165, 1.54) is 18.2 Å². The van der Waals surface area contributed by atoms with Crippen LogP contribution in [0.4, 0.5) is 10.1 Å². The number of ether oxygens (including phenoxy) is 1. The molecule has 36 heavy (non-hydrogen) atoms. The number of fused-ring (bicyclic) bond motifs is 1. The Morgan fingerprint density at radius 3 is 2.61 bits per heavy atom. The number of aromatic nitrogens is 4. The lowest BCUT2D eigenvalue weighted by atomic mass is 10.2. The van der Waals surface area contributed by atoms with Gasteiger partial charge < -0.3 is 14.6 Å². The number of carbonyl (C=O) groups is 1. The molecule has 2 aromatic carbocycles. The van der Waals surface area contributed by atoms with Crippen LogP contribution in [0.15, 0.2) is 77.9 Å². The molecule has 0 spiro atoms. The second-order valence-electron chi connectivity index (χ2n) is 8.08. The third-order valence-electron chi connectivity index (χ3n) is 5.55. The van der Waals surface area contributed by atoms with Crippen molar-refractivity contribution in [3.05, 3.63) is 106 Å². The van der Waals surface area contributed by atoms with E-state index in [2.05, 4.69) is 15.4 Å². The zero-order valence-corrected chi connectivity index (χ0v) is 20.0. The third-order valence-corrected chi connectivity index (χ3v) is 5.84. The quantitative estimate of drug-likeness (QED) is 0.353. The highest BCUT2D eigenvalue weighted by atomic mass is 35.5. The van der Waals surface area contributed by atoms with E-state index in [0.29, 0.717) is 22.7 Å². The van der Waals surface area contributed by atoms with Gasteiger partial charge >= 0.3 is 0 Å². The van der Waals surface area contributed by atoms with Crippen molar-refractivity contribution in [3.8, 4) is 17.2 Å². The van der Waals surface area contributed by atoms with Crippen LogP contribution in [0.5, 0.6) is 11.5 Å². The van der Waals surface area contributed by atoms with Gasteiger partial charge in [0.15, 0.2) is 5.69 Å². The van der Waals surface area contributed by atoms with Crippen LogP contribution in [0.25, 0.3) is 16.7 Å². The molecule has 0 bridgehead atoms. The van der Waals surface area contributed by atoms with Crippen molar-refractivity contribution in [1.29, 1.82) is 0 Å². The first-order valence-corrected chi connectivity index (χ1v) is 11.2. The molecule has 0 aliphatic carbocycles. The van der Waals surface area contributed by atoms with Crippen molar-refractivity contribution in [2.75, 3.05) is 5.32 Å². The van der Waals surface area contributed by atoms with Crippen LogP contribution in [-0.2, 0) is 7.05 Å². The second-order valence-corrected chi connectivity index (χ2v) is 8.49. The number of amides is 1. The molecule has 5 rings (SSSR count). The molecule has 0 fully saturated rings. The maximum Gasteiger partial charge on any atom is 0.276 e. The van der Waals surface area contributed by atoms with Crippen LogP contribution in [0.3, 0.4) is 0 Å². The largest absolute Gasteiger partial charge is 0.457 e. The number of pyridine rings is 1. The first-order chi connectivity index (χ1) is 17.3. The zero-order valence-electron chi connectivity index (χ0n) is 19.2. The number of nitrogens with zero attached hydrogens (tertiary/aromatic N) is 4. The number of benzene rings is 2. The van der Waals surface area contributed by atoms with E-state index in [1.54, 1.807) is 43.5 Å². The fourth-order valence-corrected chi connectivity index (χ4v) is 3.90. The van der Waals surface area contributed by atoms with Crippen LogP contribution < -0.4 is 15.6 Å². The standard InChI is InChI=1S/C26H19ClFN5O3/c1-15-13-23(34)33(17-5-8-21(28)20(27)14-17)31-24(15)26(35)30-16-3-6-18(7-4-16)36-22-9-11-29-25-19(22)10-12-32(25)2/h3-14H,1-2H3,(H,30,35). The van der Waals surface area contributed by atoms with Crippen molar-refractivity contribution < 1.29 is 13.9 Å². The molecule has 10 heteroatoms. The summed E-state index contributed by atoms with van der Waals surface area (Å²) < 4.78 is 22.5. The predicted molar refractivity (Wildman–Crippen MR) is 135 cm³/mol. The van der Waals surface area contributed by atoms with Gasteiger partial charge in [-0.2, -0.15) is 9.78 Å². The monoisotopic (exact) mass is 503 g/mol. The number of hydrogen-bond acceptors (Lipinski definition) is 5. The Kier molecular flexibility index (Phi) is 5.99. The van der Waals surface area contributed by atoms with Crippen LogP contribution >= 0.6 is 11.6 Å². The predicted octanol–water partition coefficient (Wildman–Crippen LogP) is 5.26. The minimum absolute atomic E-state index is 0.0404. The molecule has 0 unspecified atom stereocenters. The van der Waals surface area contributed by atoms with E-state index >= 15 is 0 Å². The molecule has 0 aliphatic rings. The van der Waals surface area contributed by atoms with Crippen molar-refractivity contribution in [3.63, 3.8) is 0 Å². The second kappa shape index (κ2) is 9.27. The minimum Gasteiger partial charge on any atom is -0.457 e.